The minimum Gasteiger partial charge on any atom is -0.495 e. The Balaban J connectivity index is 1.35. The summed E-state index contributed by atoms with van der Waals surface area (Å²) in [6.07, 6.45) is 0. The van der Waals surface area contributed by atoms with Crippen LogP contribution in [0.5, 0.6) is 5.75 Å². The van der Waals surface area contributed by atoms with E-state index in [-0.39, 0.29) is 23.8 Å². The fourth-order valence-corrected chi connectivity index (χ4v) is 4.51. The molecule has 0 unspecified atom stereocenters. The first-order chi connectivity index (χ1) is 19.5. The summed E-state index contributed by atoms with van der Waals surface area (Å²) < 4.78 is 8.29. The van der Waals surface area contributed by atoms with Crippen LogP contribution in [0.15, 0.2) is 84.0 Å². The molecule has 3 aromatic carbocycles. The summed E-state index contributed by atoms with van der Waals surface area (Å²) in [5, 5.41) is 26.5. The Morgan fingerprint density at radius 1 is 0.925 bits per heavy atom. The van der Waals surface area contributed by atoms with Crippen molar-refractivity contribution < 1.29 is 14.3 Å². The molecule has 0 fully saturated rings. The van der Waals surface area contributed by atoms with Crippen LogP contribution in [0.2, 0.25) is 5.02 Å². The first-order valence-electron chi connectivity index (χ1n) is 11.9. The highest BCUT2D eigenvalue weighted by molar-refractivity contribution is 7.99. The molecule has 0 spiro atoms. The number of hydrogen-bond donors (Lipinski definition) is 2. The molecular weight excluding hydrogens is 554 g/mol. The van der Waals surface area contributed by atoms with Crippen LogP contribution in [-0.2, 0) is 11.3 Å². The number of nitrogens with zero attached hydrogens (tertiary/aromatic N) is 7. The molecule has 0 radical (unpaired) electrons. The highest BCUT2D eigenvalue weighted by atomic mass is 35.5. The lowest BCUT2D eigenvalue weighted by atomic mass is 10.2. The van der Waals surface area contributed by atoms with Gasteiger partial charge in [-0.2, -0.15) is 4.68 Å². The van der Waals surface area contributed by atoms with E-state index in [0.717, 1.165) is 17.3 Å². The standard InChI is InChI=1S/C26H22ClN9O3S/c1-39-21-10-6-5-9-20(21)28-25(38)23-24(35(33-30-23)15-17-7-3-2-4-8-17)29-22(37)16-40-26-31-32-34-36(26)19-13-11-18(27)12-14-19/h2-14H,15-16H2,1H3,(H,28,38)(H,29,37). The highest BCUT2D eigenvalue weighted by Crippen LogP contribution is 2.25. The largest absolute Gasteiger partial charge is 0.495 e. The average Bonchev–Trinajstić information content (AvgIpc) is 3.60. The number of carbonyl (C=O) groups is 2. The average molecular weight is 576 g/mol. The van der Waals surface area contributed by atoms with Gasteiger partial charge in [0.1, 0.15) is 5.75 Å². The number of ether oxygens (including phenoxy) is 1. The van der Waals surface area contributed by atoms with Crippen LogP contribution in [-0.4, -0.2) is 59.9 Å². The molecule has 14 heteroatoms. The van der Waals surface area contributed by atoms with Gasteiger partial charge >= 0.3 is 0 Å². The summed E-state index contributed by atoms with van der Waals surface area (Å²) in [6, 6.07) is 23.5. The van der Waals surface area contributed by atoms with Crippen LogP contribution in [0, 0.1) is 0 Å². The molecule has 5 rings (SSSR count). The molecule has 0 aliphatic rings. The van der Waals surface area contributed by atoms with Gasteiger partial charge in [-0.05, 0) is 52.4 Å². The number of aromatic nitrogens is 7. The first-order valence-corrected chi connectivity index (χ1v) is 13.3. The summed E-state index contributed by atoms with van der Waals surface area (Å²) >= 11 is 7.11. The Bertz CT molecular complexity index is 1620. The molecule has 12 nitrogen and oxygen atoms in total. The number of benzene rings is 3. The number of rotatable bonds is 10. The summed E-state index contributed by atoms with van der Waals surface area (Å²) in [5.41, 5.74) is 2.01. The summed E-state index contributed by atoms with van der Waals surface area (Å²) in [7, 11) is 1.51. The molecule has 40 heavy (non-hydrogen) atoms. The smallest absolute Gasteiger partial charge is 0.280 e. The second-order valence-electron chi connectivity index (χ2n) is 8.27. The lowest BCUT2D eigenvalue weighted by Gasteiger charge is -2.11. The molecule has 0 bridgehead atoms. The van der Waals surface area contributed by atoms with Crippen LogP contribution in [0.25, 0.3) is 5.69 Å². The van der Waals surface area contributed by atoms with Crippen molar-refractivity contribution in [2.24, 2.45) is 0 Å². The third-order valence-corrected chi connectivity index (χ3v) is 6.75. The Morgan fingerprint density at radius 2 is 1.68 bits per heavy atom. The topological polar surface area (TPSA) is 142 Å². The van der Waals surface area contributed by atoms with E-state index in [0.29, 0.717) is 27.3 Å². The van der Waals surface area contributed by atoms with Crippen LogP contribution in [0.1, 0.15) is 16.1 Å². The summed E-state index contributed by atoms with van der Waals surface area (Å²) in [5.74, 6) is -0.373. The third kappa shape index (κ3) is 6.27. The quantitative estimate of drug-likeness (QED) is 0.237. The van der Waals surface area contributed by atoms with Crippen LogP contribution in [0.4, 0.5) is 11.5 Å². The zero-order chi connectivity index (χ0) is 27.9. The number of halogens is 1. The van der Waals surface area contributed by atoms with E-state index >= 15 is 0 Å². The van der Waals surface area contributed by atoms with Crippen LogP contribution in [0.3, 0.4) is 0 Å². The maximum Gasteiger partial charge on any atom is 0.280 e. The van der Waals surface area contributed by atoms with Crippen molar-refractivity contribution in [1.29, 1.82) is 0 Å². The number of thioether (sulfide) groups is 1. The second kappa shape index (κ2) is 12.4. The number of tetrazole rings is 1. The number of anilines is 2. The number of hydrogen-bond acceptors (Lipinski definition) is 9. The van der Waals surface area contributed by atoms with Gasteiger partial charge in [-0.25, -0.2) is 4.68 Å². The Morgan fingerprint density at radius 3 is 2.45 bits per heavy atom. The van der Waals surface area contributed by atoms with Gasteiger partial charge < -0.3 is 15.4 Å². The number of nitrogens with one attached hydrogen (secondary N) is 2. The molecule has 5 aromatic rings. The normalized spacial score (nSPS) is 10.8. The molecule has 2 N–H and O–H groups in total. The SMILES string of the molecule is COc1ccccc1NC(=O)c1nnn(Cc2ccccc2)c1NC(=O)CSc1nnnn1-c1ccc(Cl)cc1. The van der Waals surface area contributed by atoms with Gasteiger partial charge in [-0.15, -0.1) is 10.2 Å². The molecule has 2 aromatic heterocycles. The predicted molar refractivity (Wildman–Crippen MR) is 150 cm³/mol. The van der Waals surface area contributed by atoms with Gasteiger partial charge in [0.05, 0.1) is 30.8 Å². The molecule has 0 saturated carbocycles. The molecule has 2 heterocycles. The maximum atomic E-state index is 13.2. The predicted octanol–water partition coefficient (Wildman–Crippen LogP) is 3.95. The van der Waals surface area contributed by atoms with Gasteiger partial charge in [0, 0.05) is 5.02 Å². The fraction of sp³-hybridized carbons (Fsp3) is 0.115. The number of amides is 2. The lowest BCUT2D eigenvalue weighted by molar-refractivity contribution is -0.113. The molecule has 0 saturated heterocycles. The lowest BCUT2D eigenvalue weighted by Crippen LogP contribution is -2.22. The van der Waals surface area contributed by atoms with Crippen molar-refractivity contribution in [3.05, 3.63) is 95.1 Å². The third-order valence-electron chi connectivity index (χ3n) is 5.58. The van der Waals surface area contributed by atoms with Crippen molar-refractivity contribution in [2.45, 2.75) is 11.7 Å². The number of carbonyl (C=O) groups excluding carboxylic acids is 2. The maximum absolute atomic E-state index is 13.2. The van der Waals surface area contributed by atoms with Crippen molar-refractivity contribution in [1.82, 2.24) is 35.2 Å². The molecule has 0 aliphatic carbocycles. The Kier molecular flexibility index (Phi) is 8.32. The molecule has 0 aliphatic heterocycles. The van der Waals surface area contributed by atoms with Crippen molar-refractivity contribution >= 4 is 46.7 Å². The van der Waals surface area contributed by atoms with Gasteiger partial charge in [0.15, 0.2) is 11.5 Å². The van der Waals surface area contributed by atoms with Crippen LogP contribution >= 0.6 is 23.4 Å². The summed E-state index contributed by atoms with van der Waals surface area (Å²) in [6.45, 7) is 0.285. The van der Waals surface area contributed by atoms with Gasteiger partial charge in [-0.3, -0.25) is 9.59 Å². The monoisotopic (exact) mass is 575 g/mol. The Hall–Kier alpha value is -4.75. The van der Waals surface area contributed by atoms with Crippen LogP contribution < -0.4 is 15.4 Å². The molecule has 0 atom stereocenters. The zero-order valence-electron chi connectivity index (χ0n) is 21.1. The zero-order valence-corrected chi connectivity index (χ0v) is 22.6. The van der Waals surface area contributed by atoms with E-state index in [1.165, 1.54) is 16.5 Å². The van der Waals surface area contributed by atoms with Gasteiger partial charge in [0.25, 0.3) is 5.91 Å². The Labute approximate surface area is 237 Å². The van der Waals surface area contributed by atoms with E-state index in [1.54, 1.807) is 48.5 Å². The van der Waals surface area contributed by atoms with E-state index < -0.39 is 11.8 Å². The van der Waals surface area contributed by atoms with Gasteiger partial charge in [-0.1, -0.05) is 71.0 Å². The summed E-state index contributed by atoms with van der Waals surface area (Å²) in [4.78, 5) is 26.3. The highest BCUT2D eigenvalue weighted by Gasteiger charge is 2.23. The van der Waals surface area contributed by atoms with E-state index in [1.807, 2.05) is 30.3 Å². The number of methoxy groups -OCH3 is 1. The first kappa shape index (κ1) is 26.8. The van der Waals surface area contributed by atoms with E-state index in [9.17, 15) is 9.59 Å². The minimum absolute atomic E-state index is 0.0436. The fourth-order valence-electron chi connectivity index (χ4n) is 3.70. The van der Waals surface area contributed by atoms with Crippen molar-refractivity contribution in [3.63, 3.8) is 0 Å². The number of para-hydroxylation sites is 2. The van der Waals surface area contributed by atoms with Gasteiger partial charge in [0.2, 0.25) is 11.1 Å². The van der Waals surface area contributed by atoms with E-state index in [4.69, 9.17) is 16.3 Å². The molecular formula is C26H22ClN9O3S. The minimum atomic E-state index is -0.557. The van der Waals surface area contributed by atoms with E-state index in [2.05, 4.69) is 36.5 Å². The molecule has 2 amide bonds. The van der Waals surface area contributed by atoms with Crippen molar-refractivity contribution in [2.75, 3.05) is 23.5 Å². The van der Waals surface area contributed by atoms with Crippen molar-refractivity contribution in [3.8, 4) is 11.4 Å². The second-order valence-corrected chi connectivity index (χ2v) is 9.65. The molecule has 202 valence electrons.